The van der Waals surface area contributed by atoms with Crippen molar-refractivity contribution >= 4 is 22.9 Å². The number of thiazole rings is 1. The molecule has 0 radical (unpaired) electrons. The first-order valence-electron chi connectivity index (χ1n) is 7.50. The molecule has 0 bridgehead atoms. The monoisotopic (exact) mass is 342 g/mol. The fraction of sp³-hybridized carbons (Fsp3) is 0.235. The molecule has 2 aromatic heterocycles. The minimum absolute atomic E-state index is 0.0815. The summed E-state index contributed by atoms with van der Waals surface area (Å²) in [5.74, 6) is 1.50. The average molecular weight is 342 g/mol. The molecule has 0 saturated heterocycles. The summed E-state index contributed by atoms with van der Waals surface area (Å²) in [6, 6.07) is 7.28. The number of aryl methyl sites for hydroxylation is 2. The van der Waals surface area contributed by atoms with Crippen molar-refractivity contribution in [3.05, 3.63) is 58.6 Å². The zero-order chi connectivity index (χ0) is 16.9. The van der Waals surface area contributed by atoms with Gasteiger partial charge in [0.1, 0.15) is 18.2 Å². The molecule has 0 aliphatic heterocycles. The maximum absolute atomic E-state index is 12.0. The molecule has 2 heterocycles. The van der Waals surface area contributed by atoms with Gasteiger partial charge in [-0.05, 0) is 31.2 Å². The third-order valence-corrected chi connectivity index (χ3v) is 4.26. The number of carbonyl (C=O) groups excluding carboxylic acids is 1. The van der Waals surface area contributed by atoms with Crippen molar-refractivity contribution in [1.29, 1.82) is 0 Å². The Morgan fingerprint density at radius 1 is 1.33 bits per heavy atom. The Kier molecular flexibility index (Phi) is 4.90. The number of amides is 1. The van der Waals surface area contributed by atoms with Crippen LogP contribution in [-0.2, 0) is 24.9 Å². The fourth-order valence-electron chi connectivity index (χ4n) is 2.18. The first kappa shape index (κ1) is 16.2. The summed E-state index contributed by atoms with van der Waals surface area (Å²) in [6.07, 6.45) is 3.89. The van der Waals surface area contributed by atoms with E-state index in [-0.39, 0.29) is 12.3 Å². The van der Waals surface area contributed by atoms with Crippen LogP contribution in [0.4, 0.5) is 5.69 Å². The third-order valence-electron chi connectivity index (χ3n) is 3.44. The van der Waals surface area contributed by atoms with E-state index in [1.54, 1.807) is 17.5 Å². The Balaban J connectivity index is 1.52. The first-order valence-corrected chi connectivity index (χ1v) is 8.38. The van der Waals surface area contributed by atoms with Gasteiger partial charge in [-0.3, -0.25) is 4.79 Å². The van der Waals surface area contributed by atoms with Gasteiger partial charge in [0.15, 0.2) is 0 Å². The van der Waals surface area contributed by atoms with Crippen LogP contribution in [0.15, 0.2) is 42.0 Å². The predicted molar refractivity (Wildman–Crippen MR) is 93.2 cm³/mol. The average Bonchev–Trinajstić information content (AvgIpc) is 3.15. The van der Waals surface area contributed by atoms with Crippen LogP contribution >= 0.6 is 11.3 Å². The molecular weight excluding hydrogens is 324 g/mol. The van der Waals surface area contributed by atoms with Crippen molar-refractivity contribution in [2.45, 2.75) is 20.0 Å². The molecule has 0 atom stereocenters. The minimum atomic E-state index is -0.0815. The highest BCUT2D eigenvalue weighted by Crippen LogP contribution is 2.17. The number of carbonyl (C=O) groups is 1. The van der Waals surface area contributed by atoms with Crippen LogP contribution in [0.3, 0.4) is 0 Å². The topological polar surface area (TPSA) is 69.0 Å². The van der Waals surface area contributed by atoms with Crippen molar-refractivity contribution in [3.8, 4) is 5.75 Å². The van der Waals surface area contributed by atoms with Crippen molar-refractivity contribution in [3.63, 3.8) is 0 Å². The van der Waals surface area contributed by atoms with Crippen LogP contribution in [-0.4, -0.2) is 20.4 Å². The number of aromatic nitrogens is 3. The number of anilines is 1. The van der Waals surface area contributed by atoms with E-state index in [4.69, 9.17) is 4.74 Å². The highest BCUT2D eigenvalue weighted by Gasteiger charge is 2.07. The van der Waals surface area contributed by atoms with Crippen LogP contribution in [0.25, 0.3) is 0 Å². The number of hydrogen-bond donors (Lipinski definition) is 1. The van der Waals surface area contributed by atoms with Gasteiger partial charge in [-0.2, -0.15) is 0 Å². The van der Waals surface area contributed by atoms with Gasteiger partial charge in [0, 0.05) is 30.5 Å². The van der Waals surface area contributed by atoms with E-state index in [1.165, 1.54) is 0 Å². The van der Waals surface area contributed by atoms with Gasteiger partial charge < -0.3 is 14.6 Å². The molecule has 124 valence electrons. The van der Waals surface area contributed by atoms with Crippen molar-refractivity contribution in [1.82, 2.24) is 14.5 Å². The highest BCUT2D eigenvalue weighted by molar-refractivity contribution is 7.09. The van der Waals surface area contributed by atoms with E-state index in [9.17, 15) is 4.79 Å². The van der Waals surface area contributed by atoms with Gasteiger partial charge >= 0.3 is 0 Å². The van der Waals surface area contributed by atoms with E-state index in [0.717, 1.165) is 28.0 Å². The lowest BCUT2D eigenvalue weighted by atomic mass is 10.2. The van der Waals surface area contributed by atoms with Gasteiger partial charge in [-0.1, -0.05) is 0 Å². The number of nitrogens with one attached hydrogen (secondary N) is 1. The molecule has 24 heavy (non-hydrogen) atoms. The van der Waals surface area contributed by atoms with Crippen molar-refractivity contribution in [2.75, 3.05) is 5.32 Å². The van der Waals surface area contributed by atoms with E-state index in [2.05, 4.69) is 15.3 Å². The van der Waals surface area contributed by atoms with E-state index in [0.29, 0.717) is 6.61 Å². The number of ether oxygens (including phenoxy) is 1. The molecule has 0 aliphatic carbocycles. The molecule has 6 nitrogen and oxygen atoms in total. The number of benzene rings is 1. The lowest BCUT2D eigenvalue weighted by molar-refractivity contribution is -0.115. The molecule has 0 saturated carbocycles. The largest absolute Gasteiger partial charge is 0.486 e. The molecule has 1 aromatic carbocycles. The number of imidazole rings is 1. The fourth-order valence-corrected chi connectivity index (χ4v) is 2.79. The number of hydrogen-bond acceptors (Lipinski definition) is 5. The second kappa shape index (κ2) is 7.27. The Labute approximate surface area is 144 Å². The van der Waals surface area contributed by atoms with E-state index >= 15 is 0 Å². The van der Waals surface area contributed by atoms with Crippen molar-refractivity contribution in [2.24, 2.45) is 7.05 Å². The molecular formula is C17H18N4O2S. The summed E-state index contributed by atoms with van der Waals surface area (Å²) in [7, 11) is 1.92. The summed E-state index contributed by atoms with van der Waals surface area (Å²) < 4.78 is 7.60. The lowest BCUT2D eigenvalue weighted by Crippen LogP contribution is -2.14. The van der Waals surface area contributed by atoms with Gasteiger partial charge in [0.2, 0.25) is 5.91 Å². The van der Waals surface area contributed by atoms with Crippen LogP contribution in [0, 0.1) is 6.92 Å². The summed E-state index contributed by atoms with van der Waals surface area (Å²) in [6.45, 7) is 2.33. The minimum Gasteiger partial charge on any atom is -0.486 e. The van der Waals surface area contributed by atoms with Crippen LogP contribution in [0.5, 0.6) is 5.75 Å². The Bertz CT molecular complexity index is 823. The first-order chi connectivity index (χ1) is 11.6. The van der Waals surface area contributed by atoms with Gasteiger partial charge in [0.25, 0.3) is 0 Å². The molecule has 0 aliphatic rings. The van der Waals surface area contributed by atoms with E-state index < -0.39 is 0 Å². The van der Waals surface area contributed by atoms with Crippen LogP contribution < -0.4 is 10.1 Å². The zero-order valence-electron chi connectivity index (χ0n) is 13.5. The Morgan fingerprint density at radius 3 is 2.75 bits per heavy atom. The molecule has 1 amide bonds. The summed E-state index contributed by atoms with van der Waals surface area (Å²) in [4.78, 5) is 20.5. The molecule has 1 N–H and O–H groups in total. The molecule has 3 aromatic rings. The third kappa shape index (κ3) is 4.20. The second-order valence-electron chi connectivity index (χ2n) is 5.35. The van der Waals surface area contributed by atoms with Gasteiger partial charge in [-0.25, -0.2) is 9.97 Å². The smallest absolute Gasteiger partial charge is 0.230 e. The standard InChI is InChI=1S/C17H18N4O2S/c1-12-19-14(11-24-12)9-17(22)20-13-3-5-15(6-4-13)23-10-16-18-7-8-21(16)2/h3-8,11H,9-10H2,1-2H3,(H,20,22). The number of nitrogens with zero attached hydrogens (tertiary/aromatic N) is 3. The summed E-state index contributed by atoms with van der Waals surface area (Å²) in [5.41, 5.74) is 1.53. The van der Waals surface area contributed by atoms with Gasteiger partial charge in [-0.15, -0.1) is 11.3 Å². The molecule has 0 spiro atoms. The lowest BCUT2D eigenvalue weighted by Gasteiger charge is -2.08. The van der Waals surface area contributed by atoms with Crippen LogP contribution in [0.2, 0.25) is 0 Å². The summed E-state index contributed by atoms with van der Waals surface area (Å²) >= 11 is 1.55. The molecule has 3 rings (SSSR count). The SMILES string of the molecule is Cc1nc(CC(=O)Nc2ccc(OCc3nccn3C)cc2)cs1. The normalized spacial score (nSPS) is 10.6. The predicted octanol–water partition coefficient (Wildman–Crippen LogP) is 2.95. The van der Waals surface area contributed by atoms with E-state index in [1.807, 2.05) is 54.4 Å². The quantitative estimate of drug-likeness (QED) is 0.748. The second-order valence-corrected chi connectivity index (χ2v) is 6.41. The Hall–Kier alpha value is -2.67. The Morgan fingerprint density at radius 2 is 2.12 bits per heavy atom. The maximum Gasteiger partial charge on any atom is 0.230 e. The molecule has 0 fully saturated rings. The number of rotatable bonds is 6. The zero-order valence-corrected chi connectivity index (χ0v) is 14.3. The molecule has 0 unspecified atom stereocenters. The summed E-state index contributed by atoms with van der Waals surface area (Å²) in [5, 5.41) is 5.73. The van der Waals surface area contributed by atoms with Crippen molar-refractivity contribution < 1.29 is 9.53 Å². The van der Waals surface area contributed by atoms with Crippen LogP contribution in [0.1, 0.15) is 16.5 Å². The molecule has 7 heteroatoms. The highest BCUT2D eigenvalue weighted by atomic mass is 32.1. The van der Waals surface area contributed by atoms with Gasteiger partial charge in [0.05, 0.1) is 17.1 Å². The maximum atomic E-state index is 12.0.